The van der Waals surface area contributed by atoms with Gasteiger partial charge in [0, 0.05) is 13.0 Å². The summed E-state index contributed by atoms with van der Waals surface area (Å²) in [6.07, 6.45) is 2.04. The lowest BCUT2D eigenvalue weighted by molar-refractivity contribution is -0.134. The monoisotopic (exact) mass is 272 g/mol. The van der Waals surface area contributed by atoms with Crippen LogP contribution in [0.2, 0.25) is 0 Å². The van der Waals surface area contributed by atoms with Crippen LogP contribution in [0, 0.1) is 0 Å². The van der Waals surface area contributed by atoms with Crippen LogP contribution in [0.15, 0.2) is 35.4 Å². The van der Waals surface area contributed by atoms with E-state index in [0.717, 1.165) is 18.6 Å². The smallest absolute Gasteiger partial charge is 0.248 e. The predicted molar refractivity (Wildman–Crippen MR) is 77.5 cm³/mol. The summed E-state index contributed by atoms with van der Waals surface area (Å²) in [5.74, 6) is 0.0968. The Hall–Kier alpha value is -1.68. The zero-order valence-corrected chi connectivity index (χ0v) is 12.0. The van der Waals surface area contributed by atoms with Gasteiger partial charge in [0.25, 0.3) is 0 Å². The second-order valence-corrected chi connectivity index (χ2v) is 6.00. The summed E-state index contributed by atoms with van der Waals surface area (Å²) in [6, 6.07) is 10.2. The largest absolute Gasteiger partial charge is 0.373 e. The van der Waals surface area contributed by atoms with Gasteiger partial charge in [0.15, 0.2) is 0 Å². The second kappa shape index (κ2) is 5.02. The number of rotatable bonds is 3. The van der Waals surface area contributed by atoms with Gasteiger partial charge in [0.2, 0.25) is 5.91 Å². The van der Waals surface area contributed by atoms with E-state index < -0.39 is 0 Å². The molecule has 0 aliphatic carbocycles. The number of ether oxygens (including phenoxy) is 1. The van der Waals surface area contributed by atoms with Crippen LogP contribution in [0.1, 0.15) is 32.3 Å². The van der Waals surface area contributed by atoms with Crippen LogP contribution >= 0.6 is 0 Å². The fourth-order valence-electron chi connectivity index (χ4n) is 2.97. The molecular formula is C16H20N2O2. The number of benzene rings is 1. The molecule has 1 aromatic rings. The van der Waals surface area contributed by atoms with Crippen LogP contribution in [-0.2, 0) is 16.0 Å². The molecule has 2 heterocycles. The molecular weight excluding hydrogens is 252 g/mol. The SMILES string of the molecule is CC1(C)OCCC1N1N=C(Cc2ccccc2)CC1=O. The van der Waals surface area contributed by atoms with Gasteiger partial charge in [-0.2, -0.15) is 5.10 Å². The Morgan fingerprint density at radius 3 is 2.75 bits per heavy atom. The molecule has 2 aliphatic rings. The van der Waals surface area contributed by atoms with Gasteiger partial charge in [-0.3, -0.25) is 4.79 Å². The Morgan fingerprint density at radius 1 is 1.35 bits per heavy atom. The molecule has 1 aromatic carbocycles. The zero-order chi connectivity index (χ0) is 14.2. The molecule has 4 heteroatoms. The van der Waals surface area contributed by atoms with Crippen LogP contribution in [0.4, 0.5) is 0 Å². The number of hydrogen-bond acceptors (Lipinski definition) is 3. The highest BCUT2D eigenvalue weighted by atomic mass is 16.5. The van der Waals surface area contributed by atoms with E-state index in [1.807, 2.05) is 32.0 Å². The molecule has 1 atom stereocenters. The van der Waals surface area contributed by atoms with Crippen LogP contribution in [0.5, 0.6) is 0 Å². The van der Waals surface area contributed by atoms with E-state index in [1.165, 1.54) is 5.56 Å². The maximum atomic E-state index is 12.2. The Labute approximate surface area is 119 Å². The highest BCUT2D eigenvalue weighted by molar-refractivity contribution is 6.05. The standard InChI is InChI=1S/C16H20N2O2/c1-16(2)14(8-9-20-16)18-15(19)11-13(17-18)10-12-6-4-3-5-7-12/h3-7,14H,8-11H2,1-2H3. The highest BCUT2D eigenvalue weighted by Crippen LogP contribution is 2.32. The van der Waals surface area contributed by atoms with Crippen molar-refractivity contribution in [3.63, 3.8) is 0 Å². The molecule has 20 heavy (non-hydrogen) atoms. The molecule has 0 radical (unpaired) electrons. The third kappa shape index (κ3) is 2.48. The average Bonchev–Trinajstić information content (AvgIpc) is 2.93. The average molecular weight is 272 g/mol. The van der Waals surface area contributed by atoms with Crippen LogP contribution in [0.25, 0.3) is 0 Å². The van der Waals surface area contributed by atoms with Crippen molar-refractivity contribution in [2.24, 2.45) is 5.10 Å². The van der Waals surface area contributed by atoms with Crippen molar-refractivity contribution in [1.29, 1.82) is 0 Å². The summed E-state index contributed by atoms with van der Waals surface area (Å²) < 4.78 is 5.70. The topological polar surface area (TPSA) is 41.9 Å². The van der Waals surface area contributed by atoms with Crippen molar-refractivity contribution >= 4 is 11.6 Å². The molecule has 2 aliphatic heterocycles. The number of carbonyl (C=O) groups is 1. The molecule has 0 saturated carbocycles. The number of carbonyl (C=O) groups excluding carboxylic acids is 1. The zero-order valence-electron chi connectivity index (χ0n) is 12.0. The van der Waals surface area contributed by atoms with Crippen molar-refractivity contribution in [3.05, 3.63) is 35.9 Å². The molecule has 0 spiro atoms. The fraction of sp³-hybridized carbons (Fsp3) is 0.500. The van der Waals surface area contributed by atoms with Crippen molar-refractivity contribution in [3.8, 4) is 0 Å². The Morgan fingerprint density at radius 2 is 2.10 bits per heavy atom. The van der Waals surface area contributed by atoms with Crippen molar-refractivity contribution in [2.45, 2.75) is 44.8 Å². The van der Waals surface area contributed by atoms with Crippen LogP contribution in [-0.4, -0.2) is 34.9 Å². The molecule has 1 saturated heterocycles. The summed E-state index contributed by atoms with van der Waals surface area (Å²) in [5.41, 5.74) is 1.84. The van der Waals surface area contributed by atoms with Crippen molar-refractivity contribution < 1.29 is 9.53 Å². The van der Waals surface area contributed by atoms with E-state index in [2.05, 4.69) is 17.2 Å². The lowest BCUT2D eigenvalue weighted by Crippen LogP contribution is -2.45. The third-order valence-corrected chi connectivity index (χ3v) is 4.07. The quantitative estimate of drug-likeness (QED) is 0.847. The van der Waals surface area contributed by atoms with Crippen molar-refractivity contribution in [2.75, 3.05) is 6.61 Å². The summed E-state index contributed by atoms with van der Waals surface area (Å²) in [5, 5.41) is 6.22. The first kappa shape index (κ1) is 13.3. The first-order valence-corrected chi connectivity index (χ1v) is 7.12. The minimum atomic E-state index is -0.304. The number of hydrazone groups is 1. The van der Waals surface area contributed by atoms with Gasteiger partial charge in [-0.25, -0.2) is 5.01 Å². The fourth-order valence-corrected chi connectivity index (χ4v) is 2.97. The van der Waals surface area contributed by atoms with Gasteiger partial charge in [-0.05, 0) is 25.8 Å². The molecule has 1 amide bonds. The van der Waals surface area contributed by atoms with Gasteiger partial charge in [0.1, 0.15) is 0 Å². The normalized spacial score (nSPS) is 25.1. The lowest BCUT2D eigenvalue weighted by Gasteiger charge is -2.30. The minimum absolute atomic E-state index is 0.0586. The molecule has 1 fully saturated rings. The van der Waals surface area contributed by atoms with E-state index in [0.29, 0.717) is 13.0 Å². The molecule has 0 bridgehead atoms. The molecule has 106 valence electrons. The van der Waals surface area contributed by atoms with E-state index in [1.54, 1.807) is 5.01 Å². The Balaban J connectivity index is 1.76. The van der Waals surface area contributed by atoms with E-state index in [-0.39, 0.29) is 17.6 Å². The van der Waals surface area contributed by atoms with E-state index in [4.69, 9.17) is 4.74 Å². The van der Waals surface area contributed by atoms with Crippen molar-refractivity contribution in [1.82, 2.24) is 5.01 Å². The summed E-state index contributed by atoms with van der Waals surface area (Å²) in [4.78, 5) is 12.2. The molecule has 1 unspecified atom stereocenters. The summed E-state index contributed by atoms with van der Waals surface area (Å²) in [6.45, 7) is 4.76. The van der Waals surface area contributed by atoms with E-state index >= 15 is 0 Å². The van der Waals surface area contributed by atoms with Gasteiger partial charge in [-0.1, -0.05) is 30.3 Å². The Kier molecular flexibility index (Phi) is 3.34. The van der Waals surface area contributed by atoms with Gasteiger partial charge < -0.3 is 4.74 Å². The first-order valence-electron chi connectivity index (χ1n) is 7.12. The summed E-state index contributed by atoms with van der Waals surface area (Å²) >= 11 is 0. The van der Waals surface area contributed by atoms with Crippen LogP contribution in [0.3, 0.4) is 0 Å². The first-order chi connectivity index (χ1) is 9.56. The molecule has 3 rings (SSSR count). The minimum Gasteiger partial charge on any atom is -0.373 e. The highest BCUT2D eigenvalue weighted by Gasteiger charge is 2.43. The maximum Gasteiger partial charge on any atom is 0.248 e. The molecule has 4 nitrogen and oxygen atoms in total. The maximum absolute atomic E-state index is 12.2. The lowest BCUT2D eigenvalue weighted by atomic mass is 9.98. The van der Waals surface area contributed by atoms with E-state index in [9.17, 15) is 4.79 Å². The van der Waals surface area contributed by atoms with Gasteiger partial charge in [-0.15, -0.1) is 0 Å². The molecule has 0 aromatic heterocycles. The van der Waals surface area contributed by atoms with Gasteiger partial charge >= 0.3 is 0 Å². The number of amides is 1. The predicted octanol–water partition coefficient (Wildman–Crippen LogP) is 2.38. The third-order valence-electron chi connectivity index (χ3n) is 4.07. The van der Waals surface area contributed by atoms with Gasteiger partial charge in [0.05, 0.1) is 23.8 Å². The number of hydrogen-bond donors (Lipinski definition) is 0. The Bertz CT molecular complexity index is 537. The summed E-state index contributed by atoms with van der Waals surface area (Å²) in [7, 11) is 0. The number of nitrogens with zero attached hydrogens (tertiary/aromatic N) is 2. The molecule has 0 N–H and O–H groups in total. The van der Waals surface area contributed by atoms with Crippen LogP contribution < -0.4 is 0 Å². The second-order valence-electron chi connectivity index (χ2n) is 6.00.